The number of nitrogens with zero attached hydrogens (tertiary/aromatic N) is 6. The van der Waals surface area contributed by atoms with E-state index in [1.165, 1.54) is 25.9 Å². The van der Waals surface area contributed by atoms with Crippen molar-refractivity contribution < 1.29 is 4.74 Å². The Morgan fingerprint density at radius 2 is 2.00 bits per heavy atom. The van der Waals surface area contributed by atoms with Crippen molar-refractivity contribution in [3.05, 3.63) is 31.1 Å². The summed E-state index contributed by atoms with van der Waals surface area (Å²) in [4.78, 5) is 17.4. The van der Waals surface area contributed by atoms with Gasteiger partial charge in [0.15, 0.2) is 6.35 Å². The molecule has 1 spiro atoms. The fraction of sp³-hybridized carbons (Fsp3) is 0.562. The molecular weight excluding hydrogens is 306 g/mol. The minimum atomic E-state index is -0.462. The van der Waals surface area contributed by atoms with E-state index in [4.69, 9.17) is 10.5 Å². The van der Waals surface area contributed by atoms with Crippen LogP contribution in [0.3, 0.4) is 0 Å². The summed E-state index contributed by atoms with van der Waals surface area (Å²) in [5, 5.41) is 0. The molecule has 2 aromatic rings. The second-order valence-electron chi connectivity index (χ2n) is 6.96. The molecule has 4 aliphatic rings. The van der Waals surface area contributed by atoms with Gasteiger partial charge in [0.1, 0.15) is 29.9 Å². The van der Waals surface area contributed by atoms with Crippen LogP contribution >= 0.6 is 0 Å². The topological polar surface area (TPSA) is 85.3 Å². The van der Waals surface area contributed by atoms with Crippen molar-refractivity contribution in [2.24, 2.45) is 11.7 Å². The summed E-state index contributed by atoms with van der Waals surface area (Å²) < 4.78 is 8.16. The quantitative estimate of drug-likeness (QED) is 0.843. The van der Waals surface area contributed by atoms with Crippen LogP contribution in [0.25, 0.3) is 5.82 Å². The summed E-state index contributed by atoms with van der Waals surface area (Å²) in [5.41, 5.74) is 6.17. The lowest BCUT2D eigenvalue weighted by Crippen LogP contribution is -2.61. The monoisotopic (exact) mass is 327 g/mol. The van der Waals surface area contributed by atoms with Crippen molar-refractivity contribution in [3.8, 4) is 5.82 Å². The molecule has 2 aromatic heterocycles. The van der Waals surface area contributed by atoms with Gasteiger partial charge in [0.05, 0.1) is 6.54 Å². The zero-order chi connectivity index (χ0) is 16.1. The van der Waals surface area contributed by atoms with E-state index >= 15 is 0 Å². The number of fused-ring (bicyclic) bond motifs is 2. The van der Waals surface area contributed by atoms with Crippen LogP contribution in [-0.2, 0) is 4.74 Å². The predicted molar refractivity (Wildman–Crippen MR) is 87.5 cm³/mol. The van der Waals surface area contributed by atoms with Crippen LogP contribution in [0.4, 0.5) is 5.82 Å². The van der Waals surface area contributed by atoms with Crippen LogP contribution in [0, 0.1) is 5.92 Å². The summed E-state index contributed by atoms with van der Waals surface area (Å²) in [6.07, 6.45) is 8.82. The summed E-state index contributed by atoms with van der Waals surface area (Å²) in [7, 11) is 0. The highest BCUT2D eigenvalue weighted by Crippen LogP contribution is 2.43. The molecule has 2 N–H and O–H groups in total. The average Bonchev–Trinajstić information content (AvgIpc) is 3.25. The lowest BCUT2D eigenvalue weighted by atomic mass is 9.75. The smallest absolute Gasteiger partial charge is 0.186 e. The molecule has 0 amide bonds. The van der Waals surface area contributed by atoms with Crippen LogP contribution in [-0.4, -0.2) is 62.6 Å². The molecule has 2 bridgehead atoms. The largest absolute Gasteiger partial charge is 0.335 e. The molecule has 0 radical (unpaired) electrons. The van der Waals surface area contributed by atoms with Gasteiger partial charge in [0.25, 0.3) is 0 Å². The summed E-state index contributed by atoms with van der Waals surface area (Å²) >= 11 is 0. The van der Waals surface area contributed by atoms with Crippen LogP contribution in [0.15, 0.2) is 31.1 Å². The Balaban J connectivity index is 1.44. The Morgan fingerprint density at radius 1 is 1.17 bits per heavy atom. The molecule has 6 heterocycles. The van der Waals surface area contributed by atoms with E-state index in [9.17, 15) is 0 Å². The van der Waals surface area contributed by atoms with E-state index in [0.717, 1.165) is 24.7 Å². The second kappa shape index (κ2) is 5.23. The van der Waals surface area contributed by atoms with Gasteiger partial charge in [-0.3, -0.25) is 10.3 Å². The van der Waals surface area contributed by atoms with Crippen LogP contribution < -0.4 is 10.6 Å². The highest BCUT2D eigenvalue weighted by molar-refractivity contribution is 5.45. The van der Waals surface area contributed by atoms with Gasteiger partial charge in [-0.1, -0.05) is 0 Å². The number of imidazole rings is 1. The Kier molecular flexibility index (Phi) is 3.12. The Morgan fingerprint density at radius 3 is 2.71 bits per heavy atom. The van der Waals surface area contributed by atoms with Crippen molar-refractivity contribution in [3.63, 3.8) is 0 Å². The fourth-order valence-corrected chi connectivity index (χ4v) is 4.40. The third-order valence-corrected chi connectivity index (χ3v) is 5.62. The molecule has 4 fully saturated rings. The van der Waals surface area contributed by atoms with E-state index < -0.39 is 6.35 Å². The maximum absolute atomic E-state index is 6.32. The molecule has 4 aliphatic heterocycles. The number of nitrogens with two attached hydrogens (primary N) is 1. The number of rotatable bonds is 2. The molecule has 24 heavy (non-hydrogen) atoms. The van der Waals surface area contributed by atoms with Crippen LogP contribution in [0.1, 0.15) is 12.8 Å². The number of hydrogen-bond acceptors (Lipinski definition) is 7. The van der Waals surface area contributed by atoms with Crippen molar-refractivity contribution in [2.75, 3.05) is 31.1 Å². The lowest BCUT2D eigenvalue weighted by molar-refractivity contribution is -0.137. The number of aromatic nitrogens is 4. The first-order chi connectivity index (χ1) is 11.7. The number of ether oxygens (including phenoxy) is 1. The highest BCUT2D eigenvalue weighted by Gasteiger charge is 2.54. The van der Waals surface area contributed by atoms with E-state index in [1.54, 1.807) is 18.9 Å². The maximum atomic E-state index is 6.32. The van der Waals surface area contributed by atoms with Gasteiger partial charge < -0.3 is 14.5 Å². The molecule has 8 heteroatoms. The molecule has 0 aliphatic carbocycles. The zero-order valence-electron chi connectivity index (χ0n) is 13.5. The van der Waals surface area contributed by atoms with Crippen LogP contribution in [0.2, 0.25) is 0 Å². The Labute approximate surface area is 140 Å². The average molecular weight is 327 g/mol. The molecule has 4 saturated heterocycles. The molecule has 126 valence electrons. The number of hydrogen-bond donors (Lipinski definition) is 1. The third kappa shape index (κ3) is 2.14. The van der Waals surface area contributed by atoms with Gasteiger partial charge in [-0.2, -0.15) is 0 Å². The van der Waals surface area contributed by atoms with E-state index in [2.05, 4.69) is 24.8 Å². The summed E-state index contributed by atoms with van der Waals surface area (Å²) in [6, 6.07) is 1.94. The van der Waals surface area contributed by atoms with E-state index in [1.807, 2.05) is 16.8 Å². The predicted octanol–water partition coefficient (Wildman–Crippen LogP) is 0.206. The molecule has 0 aromatic carbocycles. The Bertz CT molecular complexity index is 728. The first kappa shape index (κ1) is 14.3. The highest BCUT2D eigenvalue weighted by atomic mass is 16.6. The summed E-state index contributed by atoms with van der Waals surface area (Å²) in [6.45, 7) is 4.13. The maximum Gasteiger partial charge on any atom is 0.186 e. The first-order valence-electron chi connectivity index (χ1n) is 8.46. The van der Waals surface area contributed by atoms with Gasteiger partial charge in [-0.15, -0.1) is 0 Å². The van der Waals surface area contributed by atoms with Crippen molar-refractivity contribution in [2.45, 2.75) is 24.8 Å². The van der Waals surface area contributed by atoms with E-state index in [0.29, 0.717) is 5.92 Å². The number of piperidine rings is 3. The molecular formula is C16H21N7O. The normalized spacial score (nSPS) is 35.0. The van der Waals surface area contributed by atoms with Crippen molar-refractivity contribution in [1.82, 2.24) is 24.4 Å². The van der Waals surface area contributed by atoms with Crippen molar-refractivity contribution >= 4 is 5.82 Å². The SMILES string of the molecule is NC1OC2(CN3CCC2CC3)CN1c1cc(-n2ccnc2)ncn1. The minimum absolute atomic E-state index is 0.157. The van der Waals surface area contributed by atoms with Gasteiger partial charge in [-0.25, -0.2) is 15.0 Å². The zero-order valence-corrected chi connectivity index (χ0v) is 13.5. The standard InChI is InChI=1S/C16H21N7O/c17-15-23(9-16(24-15)8-21-4-1-12(16)2-5-21)14-7-13(19-10-20-14)22-6-3-18-11-22/h3,6-7,10-12,15H,1-2,4-5,8-9,17H2. The third-order valence-electron chi connectivity index (χ3n) is 5.62. The minimum Gasteiger partial charge on any atom is -0.335 e. The van der Waals surface area contributed by atoms with Crippen molar-refractivity contribution in [1.29, 1.82) is 0 Å². The second-order valence-corrected chi connectivity index (χ2v) is 6.96. The van der Waals surface area contributed by atoms with E-state index in [-0.39, 0.29) is 5.60 Å². The van der Waals surface area contributed by atoms with Gasteiger partial charge in [0, 0.05) is 25.0 Å². The first-order valence-corrected chi connectivity index (χ1v) is 8.46. The Hall–Kier alpha value is -2.03. The molecule has 0 saturated carbocycles. The fourth-order valence-electron chi connectivity index (χ4n) is 4.40. The number of anilines is 1. The van der Waals surface area contributed by atoms with Crippen LogP contribution in [0.5, 0.6) is 0 Å². The van der Waals surface area contributed by atoms with Gasteiger partial charge >= 0.3 is 0 Å². The lowest BCUT2D eigenvalue weighted by Gasteiger charge is -2.50. The summed E-state index contributed by atoms with van der Waals surface area (Å²) in [5.74, 6) is 2.17. The molecule has 2 unspecified atom stereocenters. The van der Waals surface area contributed by atoms with Gasteiger partial charge in [0.2, 0.25) is 0 Å². The van der Waals surface area contributed by atoms with Gasteiger partial charge in [-0.05, 0) is 31.8 Å². The molecule has 8 nitrogen and oxygen atoms in total. The molecule has 2 atom stereocenters. The molecule has 6 rings (SSSR count).